The molecule has 0 saturated heterocycles. The first kappa shape index (κ1) is 12.7. The molecular weight excluding hydrogens is 252 g/mol. The second-order valence-corrected chi connectivity index (χ2v) is 5.08. The highest BCUT2D eigenvalue weighted by Crippen LogP contribution is 2.27. The molecule has 2 N–H and O–H groups in total. The molecule has 20 heavy (non-hydrogen) atoms. The summed E-state index contributed by atoms with van der Waals surface area (Å²) < 4.78 is 0. The van der Waals surface area contributed by atoms with Gasteiger partial charge in [-0.2, -0.15) is 5.10 Å². The van der Waals surface area contributed by atoms with Gasteiger partial charge in [0, 0.05) is 11.5 Å². The molecule has 0 heterocycles. The Morgan fingerprint density at radius 1 is 1.25 bits per heavy atom. The number of hydrogen-bond acceptors (Lipinski definition) is 3. The van der Waals surface area contributed by atoms with E-state index in [0.29, 0.717) is 5.56 Å². The quantitative estimate of drug-likeness (QED) is 0.664. The minimum absolute atomic E-state index is 0.0350. The average molecular weight is 268 g/mol. The number of nitrogens with one attached hydrogen (secondary N) is 1. The summed E-state index contributed by atoms with van der Waals surface area (Å²) in [5, 5.41) is 15.8. The van der Waals surface area contributed by atoms with Crippen LogP contribution >= 0.6 is 0 Å². The van der Waals surface area contributed by atoms with E-state index in [-0.39, 0.29) is 17.6 Å². The molecule has 102 valence electrons. The monoisotopic (exact) mass is 268 g/mol. The van der Waals surface area contributed by atoms with Gasteiger partial charge in [0.15, 0.2) is 0 Å². The Labute approximate surface area is 117 Å². The lowest BCUT2D eigenvalue weighted by molar-refractivity contribution is -0.127. The van der Waals surface area contributed by atoms with Crippen LogP contribution in [-0.4, -0.2) is 17.2 Å². The zero-order valence-electron chi connectivity index (χ0n) is 11.0. The molecular formula is C16H16N2O2. The molecule has 1 aliphatic carbocycles. The van der Waals surface area contributed by atoms with Crippen molar-refractivity contribution in [3.63, 3.8) is 0 Å². The molecule has 0 spiro atoms. The third kappa shape index (κ3) is 2.37. The maximum absolute atomic E-state index is 11.7. The van der Waals surface area contributed by atoms with Crippen LogP contribution in [-0.2, 0) is 4.79 Å². The van der Waals surface area contributed by atoms with Gasteiger partial charge in [-0.1, -0.05) is 36.8 Å². The van der Waals surface area contributed by atoms with E-state index in [1.54, 1.807) is 6.07 Å². The zero-order chi connectivity index (χ0) is 13.9. The lowest BCUT2D eigenvalue weighted by Gasteiger charge is -2.22. The van der Waals surface area contributed by atoms with Crippen molar-refractivity contribution in [2.75, 3.05) is 0 Å². The maximum atomic E-state index is 11.7. The fourth-order valence-corrected chi connectivity index (χ4v) is 2.34. The molecule has 0 aromatic heterocycles. The van der Waals surface area contributed by atoms with Gasteiger partial charge in [-0.15, -0.1) is 0 Å². The largest absolute Gasteiger partial charge is 0.507 e. The van der Waals surface area contributed by atoms with E-state index >= 15 is 0 Å². The van der Waals surface area contributed by atoms with Crippen LogP contribution in [0, 0.1) is 5.92 Å². The summed E-state index contributed by atoms with van der Waals surface area (Å²) >= 11 is 0. The minimum Gasteiger partial charge on any atom is -0.507 e. The number of nitrogens with zero attached hydrogens (tertiary/aromatic N) is 1. The first-order chi connectivity index (χ1) is 9.75. The number of aromatic hydroxyl groups is 1. The number of benzene rings is 2. The molecule has 0 atom stereocenters. The van der Waals surface area contributed by atoms with Crippen LogP contribution in [0.1, 0.15) is 24.8 Å². The molecule has 0 bridgehead atoms. The molecule has 0 unspecified atom stereocenters. The van der Waals surface area contributed by atoms with Gasteiger partial charge in [0.2, 0.25) is 5.91 Å². The fourth-order valence-electron chi connectivity index (χ4n) is 2.34. The number of fused-ring (bicyclic) bond motifs is 1. The fraction of sp³-hybridized carbons (Fsp3) is 0.250. The van der Waals surface area contributed by atoms with Gasteiger partial charge in [0.05, 0.1) is 6.21 Å². The van der Waals surface area contributed by atoms with Crippen molar-refractivity contribution in [1.82, 2.24) is 5.43 Å². The molecule has 2 aromatic carbocycles. The molecule has 3 rings (SSSR count). The van der Waals surface area contributed by atoms with Gasteiger partial charge in [-0.3, -0.25) is 4.79 Å². The molecule has 2 aromatic rings. The van der Waals surface area contributed by atoms with Crippen LogP contribution < -0.4 is 5.43 Å². The van der Waals surface area contributed by atoms with E-state index in [2.05, 4.69) is 10.5 Å². The second-order valence-electron chi connectivity index (χ2n) is 5.08. The topological polar surface area (TPSA) is 61.7 Å². The summed E-state index contributed by atoms with van der Waals surface area (Å²) in [4.78, 5) is 11.7. The van der Waals surface area contributed by atoms with Crippen LogP contribution in [0.2, 0.25) is 0 Å². The summed E-state index contributed by atoms with van der Waals surface area (Å²) in [6.07, 6.45) is 4.52. The van der Waals surface area contributed by atoms with Crippen LogP contribution in [0.4, 0.5) is 0 Å². The standard InChI is InChI=1S/C16H16N2O2/c19-15-9-8-11-4-1-2-7-13(11)14(15)10-17-18-16(20)12-5-3-6-12/h1-2,4,7-10,12,19H,3,5-6H2,(H,18,20). The summed E-state index contributed by atoms with van der Waals surface area (Å²) in [5.74, 6) is 0.228. The molecule has 1 amide bonds. The summed E-state index contributed by atoms with van der Waals surface area (Å²) in [6, 6.07) is 11.2. The van der Waals surface area contributed by atoms with E-state index in [0.717, 1.165) is 30.0 Å². The maximum Gasteiger partial charge on any atom is 0.243 e. The highest BCUT2D eigenvalue weighted by atomic mass is 16.3. The molecule has 1 fully saturated rings. The Kier molecular flexibility index (Phi) is 3.37. The lowest BCUT2D eigenvalue weighted by atomic mass is 9.85. The number of hydrogen-bond donors (Lipinski definition) is 2. The third-order valence-electron chi connectivity index (χ3n) is 3.79. The molecule has 1 aliphatic rings. The van der Waals surface area contributed by atoms with Crippen LogP contribution in [0.3, 0.4) is 0 Å². The minimum atomic E-state index is -0.0350. The number of rotatable bonds is 3. The smallest absolute Gasteiger partial charge is 0.243 e. The normalized spacial score (nSPS) is 15.4. The lowest BCUT2D eigenvalue weighted by Crippen LogP contribution is -2.31. The first-order valence-electron chi connectivity index (χ1n) is 6.79. The van der Waals surface area contributed by atoms with Crippen LogP contribution in [0.5, 0.6) is 5.75 Å². The van der Waals surface area contributed by atoms with Crippen LogP contribution in [0.15, 0.2) is 41.5 Å². The van der Waals surface area contributed by atoms with Crippen molar-refractivity contribution < 1.29 is 9.90 Å². The van der Waals surface area contributed by atoms with Gasteiger partial charge in [-0.05, 0) is 29.7 Å². The Morgan fingerprint density at radius 2 is 2.05 bits per heavy atom. The predicted octanol–water partition coefficient (Wildman–Crippen LogP) is 2.80. The van der Waals surface area contributed by atoms with E-state index < -0.39 is 0 Å². The summed E-state index contributed by atoms with van der Waals surface area (Å²) in [5.41, 5.74) is 3.17. The zero-order valence-corrected chi connectivity index (χ0v) is 11.0. The highest BCUT2D eigenvalue weighted by molar-refractivity contribution is 6.02. The Hall–Kier alpha value is -2.36. The summed E-state index contributed by atoms with van der Waals surface area (Å²) in [6.45, 7) is 0. The Bertz CT molecular complexity index is 675. The van der Waals surface area contributed by atoms with Gasteiger partial charge in [0.1, 0.15) is 5.75 Å². The first-order valence-corrected chi connectivity index (χ1v) is 6.79. The van der Waals surface area contributed by atoms with Crippen molar-refractivity contribution in [2.45, 2.75) is 19.3 Å². The van der Waals surface area contributed by atoms with Gasteiger partial charge in [0.25, 0.3) is 0 Å². The third-order valence-corrected chi connectivity index (χ3v) is 3.79. The van der Waals surface area contributed by atoms with Crippen LogP contribution in [0.25, 0.3) is 10.8 Å². The Morgan fingerprint density at radius 3 is 2.80 bits per heavy atom. The van der Waals surface area contributed by atoms with Crippen molar-refractivity contribution in [3.8, 4) is 5.75 Å². The molecule has 0 radical (unpaired) electrons. The van der Waals surface area contributed by atoms with Crippen molar-refractivity contribution >= 4 is 22.9 Å². The highest BCUT2D eigenvalue weighted by Gasteiger charge is 2.24. The Balaban J connectivity index is 1.82. The SMILES string of the molecule is O=C(NN=Cc1c(O)ccc2ccccc12)C1CCC1. The van der Waals surface area contributed by atoms with Crippen molar-refractivity contribution in [2.24, 2.45) is 11.0 Å². The van der Waals surface area contributed by atoms with E-state index in [1.807, 2.05) is 30.3 Å². The molecule has 1 saturated carbocycles. The van der Waals surface area contributed by atoms with E-state index in [4.69, 9.17) is 0 Å². The number of hydrazone groups is 1. The predicted molar refractivity (Wildman–Crippen MR) is 78.7 cm³/mol. The van der Waals surface area contributed by atoms with E-state index in [9.17, 15) is 9.90 Å². The molecule has 4 heteroatoms. The van der Waals surface area contributed by atoms with Gasteiger partial charge < -0.3 is 5.11 Å². The average Bonchev–Trinajstić information content (AvgIpc) is 2.39. The molecule has 0 aliphatic heterocycles. The van der Waals surface area contributed by atoms with Gasteiger partial charge in [-0.25, -0.2) is 5.43 Å². The van der Waals surface area contributed by atoms with Gasteiger partial charge >= 0.3 is 0 Å². The molecule has 4 nitrogen and oxygen atoms in total. The number of carbonyl (C=O) groups excluding carboxylic acids is 1. The number of amides is 1. The second kappa shape index (κ2) is 5.33. The van der Waals surface area contributed by atoms with Crippen molar-refractivity contribution in [3.05, 3.63) is 42.0 Å². The van der Waals surface area contributed by atoms with E-state index in [1.165, 1.54) is 6.21 Å². The van der Waals surface area contributed by atoms with Crippen molar-refractivity contribution in [1.29, 1.82) is 0 Å². The summed E-state index contributed by atoms with van der Waals surface area (Å²) in [7, 11) is 0. The number of phenols is 1. The number of carbonyl (C=O) groups is 1. The number of phenolic OH excluding ortho intramolecular Hbond substituents is 1.